The van der Waals surface area contributed by atoms with E-state index in [1.165, 1.54) is 17.0 Å². The molecule has 0 bridgehead atoms. The number of benzene rings is 1. The third-order valence-electron chi connectivity index (χ3n) is 6.07. The van der Waals surface area contributed by atoms with E-state index in [4.69, 9.17) is 4.74 Å². The largest absolute Gasteiger partial charge is 0.471 e. The van der Waals surface area contributed by atoms with Crippen molar-refractivity contribution in [2.24, 2.45) is 5.92 Å². The lowest BCUT2D eigenvalue weighted by Gasteiger charge is -2.38. The molecule has 0 spiro atoms. The van der Waals surface area contributed by atoms with Gasteiger partial charge in [-0.1, -0.05) is 17.3 Å². The van der Waals surface area contributed by atoms with Gasteiger partial charge in [-0.05, 0) is 18.1 Å². The monoisotopic (exact) mass is 472 g/mol. The van der Waals surface area contributed by atoms with Gasteiger partial charge in [0.15, 0.2) is 0 Å². The first kappa shape index (κ1) is 21.7. The maximum absolute atomic E-state index is 13.3. The molecule has 1 aliphatic carbocycles. The fourth-order valence-corrected chi connectivity index (χ4v) is 4.17. The van der Waals surface area contributed by atoms with Crippen LogP contribution in [0.5, 0.6) is 0 Å². The number of halogens is 5. The zero-order valence-electron chi connectivity index (χ0n) is 16.9. The molecule has 2 aliphatic heterocycles. The molecule has 2 unspecified atom stereocenters. The molecule has 1 aromatic carbocycles. The third-order valence-corrected chi connectivity index (χ3v) is 6.07. The summed E-state index contributed by atoms with van der Waals surface area (Å²) >= 11 is 0. The second kappa shape index (κ2) is 7.47. The highest BCUT2D eigenvalue weighted by Gasteiger charge is 2.61. The Morgan fingerprint density at radius 3 is 2.70 bits per heavy atom. The van der Waals surface area contributed by atoms with Crippen LogP contribution in [0.1, 0.15) is 34.7 Å². The molecule has 3 heterocycles. The van der Waals surface area contributed by atoms with Gasteiger partial charge in [0.25, 0.3) is 11.8 Å². The van der Waals surface area contributed by atoms with Gasteiger partial charge in [-0.15, -0.1) is 0 Å². The Morgan fingerprint density at radius 1 is 1.27 bits per heavy atom. The number of nitrogens with one attached hydrogen (secondary N) is 1. The molecule has 1 saturated heterocycles. The number of amides is 2. The SMILES string of the molecule is O=C(N[C@@H]1CCOCC1N1Cc2ccc(-c3noc(C(F)(F)F)n3)cc2C1=O)C1CC1(F)F. The van der Waals surface area contributed by atoms with Gasteiger partial charge in [0.2, 0.25) is 11.7 Å². The number of aromatic nitrogens is 2. The van der Waals surface area contributed by atoms with E-state index in [-0.39, 0.29) is 30.1 Å². The number of fused-ring (bicyclic) bond motifs is 1. The molecule has 2 fully saturated rings. The average molecular weight is 472 g/mol. The molecule has 5 rings (SSSR count). The Balaban J connectivity index is 1.34. The molecular formula is C20H17F5N4O4. The number of hydrogen-bond donors (Lipinski definition) is 1. The summed E-state index contributed by atoms with van der Waals surface area (Å²) in [5.41, 5.74) is 1.03. The van der Waals surface area contributed by atoms with Crippen molar-refractivity contribution in [3.05, 3.63) is 35.2 Å². The lowest BCUT2D eigenvalue weighted by atomic mass is 10.0. The minimum absolute atomic E-state index is 0.110. The average Bonchev–Trinajstić information content (AvgIpc) is 3.09. The predicted molar refractivity (Wildman–Crippen MR) is 98.8 cm³/mol. The summed E-state index contributed by atoms with van der Waals surface area (Å²) in [6, 6.07) is 3.29. The highest BCUT2D eigenvalue weighted by Crippen LogP contribution is 2.48. The lowest BCUT2D eigenvalue weighted by molar-refractivity contribution is -0.159. The normalized spacial score (nSPS) is 26.3. The molecule has 0 radical (unpaired) electrons. The van der Waals surface area contributed by atoms with Crippen molar-refractivity contribution in [1.29, 1.82) is 0 Å². The molecule has 176 valence electrons. The topological polar surface area (TPSA) is 97.6 Å². The molecule has 33 heavy (non-hydrogen) atoms. The summed E-state index contributed by atoms with van der Waals surface area (Å²) in [5, 5.41) is 5.96. The summed E-state index contributed by atoms with van der Waals surface area (Å²) in [5.74, 6) is -7.33. The quantitative estimate of drug-likeness (QED) is 0.688. The maximum Gasteiger partial charge on any atom is 0.471 e. The van der Waals surface area contributed by atoms with Gasteiger partial charge in [0.05, 0.1) is 18.7 Å². The highest BCUT2D eigenvalue weighted by molar-refractivity contribution is 5.99. The Labute approximate surface area is 183 Å². The van der Waals surface area contributed by atoms with Crippen LogP contribution in [0.4, 0.5) is 22.0 Å². The van der Waals surface area contributed by atoms with Crippen molar-refractivity contribution in [1.82, 2.24) is 20.4 Å². The van der Waals surface area contributed by atoms with Crippen molar-refractivity contribution in [2.75, 3.05) is 13.2 Å². The number of alkyl halides is 5. The van der Waals surface area contributed by atoms with Crippen LogP contribution in [0.3, 0.4) is 0 Å². The van der Waals surface area contributed by atoms with Crippen molar-refractivity contribution < 1.29 is 40.8 Å². The Morgan fingerprint density at radius 2 is 2.03 bits per heavy atom. The molecule has 8 nitrogen and oxygen atoms in total. The molecule has 1 aromatic heterocycles. The van der Waals surface area contributed by atoms with Crippen LogP contribution < -0.4 is 5.32 Å². The van der Waals surface area contributed by atoms with E-state index in [0.717, 1.165) is 0 Å². The Hall–Kier alpha value is -3.09. The summed E-state index contributed by atoms with van der Waals surface area (Å²) in [6.07, 6.45) is -4.93. The van der Waals surface area contributed by atoms with E-state index in [2.05, 4.69) is 20.0 Å². The number of carbonyl (C=O) groups excluding carboxylic acids is 2. The zero-order valence-corrected chi connectivity index (χ0v) is 16.9. The fraction of sp³-hybridized carbons (Fsp3) is 0.500. The van der Waals surface area contributed by atoms with Crippen LogP contribution in [0.15, 0.2) is 22.7 Å². The first-order chi connectivity index (χ1) is 15.5. The van der Waals surface area contributed by atoms with Crippen molar-refractivity contribution in [3.63, 3.8) is 0 Å². The van der Waals surface area contributed by atoms with Gasteiger partial charge in [0.1, 0.15) is 5.92 Å². The minimum atomic E-state index is -4.79. The number of hydrogen-bond acceptors (Lipinski definition) is 6. The minimum Gasteiger partial charge on any atom is -0.379 e. The van der Waals surface area contributed by atoms with Crippen LogP contribution in [0, 0.1) is 5.92 Å². The maximum atomic E-state index is 13.3. The van der Waals surface area contributed by atoms with Crippen LogP contribution in [0.25, 0.3) is 11.4 Å². The smallest absolute Gasteiger partial charge is 0.379 e. The molecule has 2 amide bonds. The van der Waals surface area contributed by atoms with Gasteiger partial charge in [-0.2, -0.15) is 18.2 Å². The van der Waals surface area contributed by atoms with Crippen molar-refractivity contribution >= 4 is 11.8 Å². The second-order valence-corrected chi connectivity index (χ2v) is 8.29. The summed E-state index contributed by atoms with van der Waals surface area (Å²) < 4.78 is 74.4. The second-order valence-electron chi connectivity index (χ2n) is 8.29. The van der Waals surface area contributed by atoms with E-state index in [0.29, 0.717) is 18.6 Å². The molecule has 3 aliphatic rings. The van der Waals surface area contributed by atoms with E-state index in [1.54, 1.807) is 6.07 Å². The van der Waals surface area contributed by atoms with Crippen molar-refractivity contribution in [2.45, 2.75) is 43.6 Å². The number of rotatable bonds is 4. The molecule has 1 N–H and O–H groups in total. The van der Waals surface area contributed by atoms with Gasteiger partial charge in [-0.25, -0.2) is 8.78 Å². The van der Waals surface area contributed by atoms with E-state index >= 15 is 0 Å². The van der Waals surface area contributed by atoms with E-state index < -0.39 is 54.2 Å². The Kier molecular flexibility index (Phi) is 4.92. The predicted octanol–water partition coefficient (Wildman–Crippen LogP) is 2.64. The Bertz CT molecular complexity index is 1120. The van der Waals surface area contributed by atoms with Crippen LogP contribution in [0.2, 0.25) is 0 Å². The van der Waals surface area contributed by atoms with Crippen LogP contribution >= 0.6 is 0 Å². The molecule has 1 saturated carbocycles. The first-order valence-electron chi connectivity index (χ1n) is 10.2. The van der Waals surface area contributed by atoms with Crippen molar-refractivity contribution in [3.8, 4) is 11.4 Å². The first-order valence-corrected chi connectivity index (χ1v) is 10.2. The highest BCUT2D eigenvalue weighted by atomic mass is 19.4. The van der Waals surface area contributed by atoms with Crippen LogP contribution in [-0.2, 0) is 22.3 Å². The van der Waals surface area contributed by atoms with Gasteiger partial charge in [0, 0.05) is 30.7 Å². The molecular weight excluding hydrogens is 455 g/mol. The summed E-state index contributed by atoms with van der Waals surface area (Å²) in [6.45, 7) is 0.591. The fourth-order valence-electron chi connectivity index (χ4n) is 4.17. The van der Waals surface area contributed by atoms with Gasteiger partial charge in [-0.3, -0.25) is 9.59 Å². The zero-order chi connectivity index (χ0) is 23.5. The molecule has 2 aromatic rings. The lowest BCUT2D eigenvalue weighted by Crippen LogP contribution is -2.57. The molecule has 3 atom stereocenters. The van der Waals surface area contributed by atoms with E-state index in [9.17, 15) is 31.5 Å². The van der Waals surface area contributed by atoms with Gasteiger partial charge < -0.3 is 19.5 Å². The molecule has 13 heteroatoms. The van der Waals surface area contributed by atoms with E-state index in [1.807, 2.05) is 0 Å². The van der Waals surface area contributed by atoms with Crippen LogP contribution in [-0.4, -0.2) is 58.1 Å². The number of carbonyl (C=O) groups is 2. The summed E-state index contributed by atoms with van der Waals surface area (Å²) in [7, 11) is 0. The third kappa shape index (κ3) is 3.94. The summed E-state index contributed by atoms with van der Waals surface area (Å²) in [4.78, 5) is 30.1. The number of ether oxygens (including phenoxy) is 1. The standard InChI is InChI=1S/C20H17F5N4O4/c21-19(22)6-12(19)16(30)26-13-3-4-32-8-14(13)29-7-10-2-1-9(5-11(10)17(29)31)15-27-18(33-28-15)20(23,24)25/h1-2,5,12-14H,3-4,6-8H2,(H,26,30)/t12?,13-,14?/m1/s1. The number of nitrogens with zero attached hydrogens (tertiary/aromatic N) is 3. The van der Waals surface area contributed by atoms with Gasteiger partial charge >= 0.3 is 12.1 Å².